The second-order valence-electron chi connectivity index (χ2n) is 4.09. The number of rotatable bonds is 2. The highest BCUT2D eigenvalue weighted by atomic mass is 32.2. The highest BCUT2D eigenvalue weighted by Crippen LogP contribution is 2.33. The molecule has 0 atom stereocenters. The topological polar surface area (TPSA) is 89.6 Å². The molecule has 0 bridgehead atoms. The molecule has 0 saturated heterocycles. The standard InChI is InChI=1S/C12H11N5OS/c1-17-5-7(4-16-17)19-11-3-10-8(2-9(11)13)12(18)15-6-14-10/h2-6H,13H2,1H3,(H,14,15,18). The number of hydrogen-bond donors (Lipinski definition) is 2. The fraction of sp³-hybridized carbons (Fsp3) is 0.0833. The number of nitrogens with one attached hydrogen (secondary N) is 1. The van der Waals surface area contributed by atoms with E-state index in [0.29, 0.717) is 16.6 Å². The third kappa shape index (κ3) is 2.19. The highest BCUT2D eigenvalue weighted by Gasteiger charge is 2.08. The summed E-state index contributed by atoms with van der Waals surface area (Å²) >= 11 is 1.50. The third-order valence-corrected chi connectivity index (χ3v) is 3.70. The summed E-state index contributed by atoms with van der Waals surface area (Å²) in [5.74, 6) is 0. The van der Waals surface area contributed by atoms with Gasteiger partial charge >= 0.3 is 0 Å². The molecular formula is C12H11N5OS. The maximum atomic E-state index is 11.6. The van der Waals surface area contributed by atoms with Crippen molar-refractivity contribution in [1.29, 1.82) is 0 Å². The molecule has 2 aromatic heterocycles. The number of aromatic amines is 1. The summed E-state index contributed by atoms with van der Waals surface area (Å²) < 4.78 is 1.72. The zero-order chi connectivity index (χ0) is 13.4. The van der Waals surface area contributed by atoms with Crippen LogP contribution in [0.1, 0.15) is 0 Å². The molecule has 0 radical (unpaired) electrons. The van der Waals surface area contributed by atoms with Crippen LogP contribution >= 0.6 is 11.8 Å². The van der Waals surface area contributed by atoms with Crippen LogP contribution in [-0.4, -0.2) is 19.7 Å². The lowest BCUT2D eigenvalue weighted by Gasteiger charge is -2.05. The minimum atomic E-state index is -0.186. The zero-order valence-electron chi connectivity index (χ0n) is 10.1. The number of anilines is 1. The molecule has 0 fully saturated rings. The van der Waals surface area contributed by atoms with E-state index in [1.165, 1.54) is 18.1 Å². The Morgan fingerprint density at radius 1 is 1.42 bits per heavy atom. The fourth-order valence-electron chi connectivity index (χ4n) is 1.78. The summed E-state index contributed by atoms with van der Waals surface area (Å²) in [6.45, 7) is 0. The quantitative estimate of drug-likeness (QED) is 0.689. The summed E-state index contributed by atoms with van der Waals surface area (Å²) in [6, 6.07) is 3.47. The number of nitrogen functional groups attached to an aromatic ring is 1. The van der Waals surface area contributed by atoms with Gasteiger partial charge in [-0.1, -0.05) is 11.8 Å². The predicted octanol–water partition coefficient (Wildman–Crippen LogP) is 1.39. The molecule has 0 unspecified atom stereocenters. The maximum Gasteiger partial charge on any atom is 0.258 e. The first kappa shape index (κ1) is 11.8. The van der Waals surface area contributed by atoms with E-state index in [9.17, 15) is 4.79 Å². The second-order valence-corrected chi connectivity index (χ2v) is 5.21. The molecule has 0 spiro atoms. The van der Waals surface area contributed by atoms with E-state index < -0.39 is 0 Å². The molecule has 96 valence electrons. The van der Waals surface area contributed by atoms with Crippen LogP contribution in [0.25, 0.3) is 10.9 Å². The minimum absolute atomic E-state index is 0.186. The molecule has 3 aromatic rings. The lowest BCUT2D eigenvalue weighted by atomic mass is 10.2. The Bertz CT molecular complexity index is 807. The molecule has 7 heteroatoms. The van der Waals surface area contributed by atoms with E-state index in [1.807, 2.05) is 19.3 Å². The Kier molecular flexibility index (Phi) is 2.75. The number of nitrogens with two attached hydrogens (primary N) is 1. The number of benzene rings is 1. The third-order valence-electron chi connectivity index (χ3n) is 2.68. The summed E-state index contributed by atoms with van der Waals surface area (Å²) in [7, 11) is 1.86. The van der Waals surface area contributed by atoms with Crippen LogP contribution in [0.4, 0.5) is 5.69 Å². The Morgan fingerprint density at radius 2 is 2.26 bits per heavy atom. The predicted molar refractivity (Wildman–Crippen MR) is 74.1 cm³/mol. The molecule has 6 nitrogen and oxygen atoms in total. The smallest absolute Gasteiger partial charge is 0.258 e. The van der Waals surface area contributed by atoms with Crippen LogP contribution in [0.2, 0.25) is 0 Å². The number of nitrogens with zero attached hydrogens (tertiary/aromatic N) is 3. The first-order valence-corrected chi connectivity index (χ1v) is 6.38. The van der Waals surface area contributed by atoms with Crippen molar-refractivity contribution in [3.8, 4) is 0 Å². The molecule has 0 aliphatic heterocycles. The van der Waals surface area contributed by atoms with Gasteiger partial charge in [-0.05, 0) is 12.1 Å². The molecule has 0 aliphatic carbocycles. The van der Waals surface area contributed by atoms with E-state index in [2.05, 4.69) is 15.1 Å². The lowest BCUT2D eigenvalue weighted by Crippen LogP contribution is -2.07. The Hall–Kier alpha value is -2.28. The monoisotopic (exact) mass is 273 g/mol. The molecule has 19 heavy (non-hydrogen) atoms. The van der Waals surface area contributed by atoms with Crippen LogP contribution in [0.15, 0.2) is 45.4 Å². The molecule has 1 aromatic carbocycles. The van der Waals surface area contributed by atoms with E-state index in [1.54, 1.807) is 16.9 Å². The summed E-state index contributed by atoms with van der Waals surface area (Å²) in [4.78, 5) is 20.2. The molecule has 0 amide bonds. The maximum absolute atomic E-state index is 11.6. The summed E-state index contributed by atoms with van der Waals surface area (Å²) in [6.07, 6.45) is 5.05. The lowest BCUT2D eigenvalue weighted by molar-refractivity contribution is 0.766. The van der Waals surface area contributed by atoms with E-state index >= 15 is 0 Å². The van der Waals surface area contributed by atoms with Crippen LogP contribution in [0, 0.1) is 0 Å². The molecule has 2 heterocycles. The van der Waals surface area contributed by atoms with Crippen molar-refractivity contribution in [3.05, 3.63) is 41.2 Å². The van der Waals surface area contributed by atoms with Crippen molar-refractivity contribution < 1.29 is 0 Å². The highest BCUT2D eigenvalue weighted by molar-refractivity contribution is 7.99. The summed E-state index contributed by atoms with van der Waals surface area (Å²) in [5, 5.41) is 4.60. The van der Waals surface area contributed by atoms with Crippen molar-refractivity contribution in [2.45, 2.75) is 9.79 Å². The van der Waals surface area contributed by atoms with Crippen LogP contribution in [0.5, 0.6) is 0 Å². The van der Waals surface area contributed by atoms with Crippen molar-refractivity contribution in [1.82, 2.24) is 19.7 Å². The van der Waals surface area contributed by atoms with Gasteiger partial charge in [-0.15, -0.1) is 0 Å². The van der Waals surface area contributed by atoms with Gasteiger partial charge in [-0.25, -0.2) is 4.98 Å². The SMILES string of the molecule is Cn1cc(Sc2cc3nc[nH]c(=O)c3cc2N)cn1. The number of aromatic nitrogens is 4. The van der Waals surface area contributed by atoms with Gasteiger partial charge in [0.25, 0.3) is 5.56 Å². The summed E-state index contributed by atoms with van der Waals surface area (Å²) in [5.41, 5.74) is 6.98. The van der Waals surface area contributed by atoms with Crippen LogP contribution in [0.3, 0.4) is 0 Å². The Balaban J connectivity index is 2.09. The first-order valence-electron chi connectivity index (χ1n) is 5.57. The molecular weight excluding hydrogens is 262 g/mol. The second kappa shape index (κ2) is 4.43. The van der Waals surface area contributed by atoms with Gasteiger partial charge in [-0.2, -0.15) is 5.10 Å². The first-order chi connectivity index (χ1) is 9.13. The van der Waals surface area contributed by atoms with E-state index in [4.69, 9.17) is 5.73 Å². The van der Waals surface area contributed by atoms with Crippen LogP contribution < -0.4 is 11.3 Å². The Morgan fingerprint density at radius 3 is 3.00 bits per heavy atom. The number of aryl methyl sites for hydroxylation is 1. The Labute approximate surface area is 112 Å². The molecule has 3 N–H and O–H groups in total. The van der Waals surface area contributed by atoms with E-state index in [-0.39, 0.29) is 5.56 Å². The average Bonchev–Trinajstić information content (AvgIpc) is 2.77. The zero-order valence-corrected chi connectivity index (χ0v) is 10.9. The minimum Gasteiger partial charge on any atom is -0.398 e. The molecule has 0 saturated carbocycles. The van der Waals surface area contributed by atoms with Gasteiger partial charge in [-0.3, -0.25) is 9.48 Å². The molecule has 3 rings (SSSR count). The average molecular weight is 273 g/mol. The van der Waals surface area contributed by atoms with Crippen molar-refractivity contribution in [2.24, 2.45) is 7.05 Å². The largest absolute Gasteiger partial charge is 0.398 e. The van der Waals surface area contributed by atoms with Gasteiger partial charge in [0.15, 0.2) is 0 Å². The van der Waals surface area contributed by atoms with Gasteiger partial charge in [0.1, 0.15) is 0 Å². The van der Waals surface area contributed by atoms with Crippen molar-refractivity contribution in [3.63, 3.8) is 0 Å². The molecule has 0 aliphatic rings. The number of hydrogen-bond acceptors (Lipinski definition) is 5. The number of H-pyrrole nitrogens is 1. The van der Waals surface area contributed by atoms with Gasteiger partial charge in [0.05, 0.1) is 28.3 Å². The normalized spacial score (nSPS) is 11.0. The van der Waals surface area contributed by atoms with Crippen LogP contribution in [-0.2, 0) is 7.05 Å². The number of fused-ring (bicyclic) bond motifs is 1. The van der Waals surface area contributed by atoms with Gasteiger partial charge < -0.3 is 10.7 Å². The van der Waals surface area contributed by atoms with Crippen molar-refractivity contribution in [2.75, 3.05) is 5.73 Å². The van der Waals surface area contributed by atoms with E-state index in [0.717, 1.165) is 9.79 Å². The van der Waals surface area contributed by atoms with Crippen molar-refractivity contribution >= 4 is 28.4 Å². The van der Waals surface area contributed by atoms with Gasteiger partial charge in [0.2, 0.25) is 0 Å². The van der Waals surface area contributed by atoms with Gasteiger partial charge in [0, 0.05) is 23.8 Å². The fourth-order valence-corrected chi connectivity index (χ4v) is 2.69.